The second-order valence-electron chi connectivity index (χ2n) is 5.93. The van der Waals surface area contributed by atoms with Gasteiger partial charge < -0.3 is 9.84 Å². The second-order valence-corrected chi connectivity index (χ2v) is 7.95. The number of rotatable bonds is 5. The SMILES string of the molecule is CC(NC(=O)Cc1noc2ccccc12)c1ccc(S(C)(=O)=O)cc1. The summed E-state index contributed by atoms with van der Waals surface area (Å²) in [7, 11) is -3.23. The van der Waals surface area contributed by atoms with E-state index in [-0.39, 0.29) is 23.3 Å². The second kappa shape index (κ2) is 6.68. The van der Waals surface area contributed by atoms with Gasteiger partial charge in [0.1, 0.15) is 5.69 Å². The first kappa shape index (κ1) is 17.2. The summed E-state index contributed by atoms with van der Waals surface area (Å²) in [5.74, 6) is -0.182. The molecule has 0 aliphatic heterocycles. The third-order valence-corrected chi connectivity index (χ3v) is 5.09. The number of hydrogen-bond acceptors (Lipinski definition) is 5. The van der Waals surface area contributed by atoms with Crippen molar-refractivity contribution in [1.82, 2.24) is 10.5 Å². The van der Waals surface area contributed by atoms with Gasteiger partial charge in [-0.2, -0.15) is 0 Å². The third-order valence-electron chi connectivity index (χ3n) is 3.97. The molecule has 0 aliphatic rings. The molecular weight excluding hydrogens is 340 g/mol. The zero-order valence-corrected chi connectivity index (χ0v) is 14.7. The molecule has 1 aromatic heterocycles. The highest BCUT2D eigenvalue weighted by Gasteiger charge is 2.15. The van der Waals surface area contributed by atoms with E-state index < -0.39 is 9.84 Å². The summed E-state index contributed by atoms with van der Waals surface area (Å²) >= 11 is 0. The van der Waals surface area contributed by atoms with Gasteiger partial charge in [-0.25, -0.2) is 8.42 Å². The van der Waals surface area contributed by atoms with E-state index in [0.717, 1.165) is 17.2 Å². The highest BCUT2D eigenvalue weighted by atomic mass is 32.2. The van der Waals surface area contributed by atoms with E-state index in [1.54, 1.807) is 30.3 Å². The number of carbonyl (C=O) groups is 1. The van der Waals surface area contributed by atoms with Crippen molar-refractivity contribution in [3.05, 3.63) is 59.8 Å². The standard InChI is InChI=1S/C18H18N2O4S/c1-12(13-7-9-14(10-8-13)25(2,22)23)19-18(21)11-16-15-5-3-4-6-17(15)24-20-16/h3-10,12H,11H2,1-2H3,(H,19,21). The van der Waals surface area contributed by atoms with Crippen molar-refractivity contribution < 1.29 is 17.7 Å². The van der Waals surface area contributed by atoms with Gasteiger partial charge in [-0.05, 0) is 36.8 Å². The Hall–Kier alpha value is -2.67. The molecule has 0 aliphatic carbocycles. The average Bonchev–Trinajstić information content (AvgIpc) is 2.97. The normalized spacial score (nSPS) is 12.9. The predicted octanol–water partition coefficient (Wildman–Crippen LogP) is 2.65. The molecule has 3 aromatic rings. The molecule has 7 heteroatoms. The zero-order valence-electron chi connectivity index (χ0n) is 13.9. The molecule has 0 spiro atoms. The maximum atomic E-state index is 12.3. The van der Waals surface area contributed by atoms with Crippen molar-refractivity contribution >= 4 is 26.7 Å². The van der Waals surface area contributed by atoms with E-state index in [1.165, 1.54) is 0 Å². The Morgan fingerprint density at radius 3 is 2.52 bits per heavy atom. The molecule has 6 nitrogen and oxygen atoms in total. The minimum absolute atomic E-state index is 0.114. The number of carbonyl (C=O) groups excluding carboxylic acids is 1. The van der Waals surface area contributed by atoms with Crippen LogP contribution in [0.25, 0.3) is 11.0 Å². The van der Waals surface area contributed by atoms with Crippen molar-refractivity contribution in [3.8, 4) is 0 Å². The van der Waals surface area contributed by atoms with E-state index in [2.05, 4.69) is 10.5 Å². The highest BCUT2D eigenvalue weighted by molar-refractivity contribution is 7.90. The van der Waals surface area contributed by atoms with Crippen LogP contribution in [0.5, 0.6) is 0 Å². The number of benzene rings is 2. The fraction of sp³-hybridized carbons (Fsp3) is 0.222. The first-order chi connectivity index (χ1) is 11.8. The topological polar surface area (TPSA) is 89.3 Å². The molecule has 0 saturated heterocycles. The van der Waals surface area contributed by atoms with Crippen LogP contribution in [0, 0.1) is 0 Å². The van der Waals surface area contributed by atoms with Gasteiger partial charge in [-0.1, -0.05) is 29.4 Å². The van der Waals surface area contributed by atoms with Crippen LogP contribution in [0.15, 0.2) is 57.9 Å². The first-order valence-electron chi connectivity index (χ1n) is 7.77. The van der Waals surface area contributed by atoms with Gasteiger partial charge in [0.25, 0.3) is 0 Å². The Kier molecular flexibility index (Phi) is 4.59. The minimum atomic E-state index is -3.23. The maximum absolute atomic E-state index is 12.3. The molecule has 130 valence electrons. The molecule has 3 rings (SSSR count). The largest absolute Gasteiger partial charge is 0.356 e. The van der Waals surface area contributed by atoms with E-state index in [9.17, 15) is 13.2 Å². The number of nitrogens with one attached hydrogen (secondary N) is 1. The lowest BCUT2D eigenvalue weighted by Gasteiger charge is -2.14. The molecule has 0 bridgehead atoms. The predicted molar refractivity (Wildman–Crippen MR) is 93.8 cm³/mol. The van der Waals surface area contributed by atoms with Gasteiger partial charge in [0.05, 0.1) is 17.4 Å². The summed E-state index contributed by atoms with van der Waals surface area (Å²) in [5, 5.41) is 7.66. The molecule has 1 amide bonds. The number of aromatic nitrogens is 1. The van der Waals surface area contributed by atoms with Gasteiger partial charge >= 0.3 is 0 Å². The third kappa shape index (κ3) is 3.88. The molecule has 0 fully saturated rings. The fourth-order valence-corrected chi connectivity index (χ4v) is 3.23. The van der Waals surface area contributed by atoms with Gasteiger partial charge in [0, 0.05) is 11.6 Å². The summed E-state index contributed by atoms with van der Waals surface area (Å²) in [4.78, 5) is 12.5. The van der Waals surface area contributed by atoms with Crippen molar-refractivity contribution in [3.63, 3.8) is 0 Å². The molecule has 1 N–H and O–H groups in total. The molecule has 1 atom stereocenters. The monoisotopic (exact) mass is 358 g/mol. The molecule has 0 saturated carbocycles. The Bertz CT molecular complexity index is 1010. The lowest BCUT2D eigenvalue weighted by atomic mass is 10.1. The van der Waals surface area contributed by atoms with Crippen molar-refractivity contribution in [2.45, 2.75) is 24.3 Å². The van der Waals surface area contributed by atoms with Crippen LogP contribution in [-0.2, 0) is 21.1 Å². The Morgan fingerprint density at radius 1 is 1.16 bits per heavy atom. The summed E-state index contributed by atoms with van der Waals surface area (Å²) < 4.78 is 28.2. The van der Waals surface area contributed by atoms with Crippen molar-refractivity contribution in [1.29, 1.82) is 0 Å². The van der Waals surface area contributed by atoms with Crippen LogP contribution in [-0.4, -0.2) is 25.7 Å². The maximum Gasteiger partial charge on any atom is 0.226 e. The lowest BCUT2D eigenvalue weighted by Crippen LogP contribution is -2.28. The Balaban J connectivity index is 1.68. The van der Waals surface area contributed by atoms with Crippen LogP contribution < -0.4 is 5.32 Å². The Labute approximate surface area is 145 Å². The fourth-order valence-electron chi connectivity index (χ4n) is 2.60. The quantitative estimate of drug-likeness (QED) is 0.757. The van der Waals surface area contributed by atoms with Gasteiger partial charge in [0.15, 0.2) is 15.4 Å². The number of hydrogen-bond donors (Lipinski definition) is 1. The summed E-state index contributed by atoms with van der Waals surface area (Å²) in [6, 6.07) is 13.6. The number of amides is 1. The van der Waals surface area contributed by atoms with Crippen LogP contribution in [0.2, 0.25) is 0 Å². The number of fused-ring (bicyclic) bond motifs is 1. The van der Waals surface area contributed by atoms with Gasteiger partial charge in [0.2, 0.25) is 5.91 Å². The smallest absolute Gasteiger partial charge is 0.226 e. The summed E-state index contributed by atoms with van der Waals surface area (Å²) in [5.41, 5.74) is 2.06. The number of nitrogens with zero attached hydrogens (tertiary/aromatic N) is 1. The molecule has 0 radical (unpaired) electrons. The number of sulfone groups is 1. The van der Waals surface area contributed by atoms with Crippen LogP contribution in [0.1, 0.15) is 24.2 Å². The van der Waals surface area contributed by atoms with E-state index in [1.807, 2.05) is 25.1 Å². The molecule has 25 heavy (non-hydrogen) atoms. The van der Waals surface area contributed by atoms with E-state index >= 15 is 0 Å². The van der Waals surface area contributed by atoms with E-state index in [4.69, 9.17) is 4.52 Å². The van der Waals surface area contributed by atoms with Crippen LogP contribution >= 0.6 is 0 Å². The van der Waals surface area contributed by atoms with Crippen molar-refractivity contribution in [2.75, 3.05) is 6.26 Å². The van der Waals surface area contributed by atoms with Crippen molar-refractivity contribution in [2.24, 2.45) is 0 Å². The summed E-state index contributed by atoms with van der Waals surface area (Å²) in [6.07, 6.45) is 1.28. The summed E-state index contributed by atoms with van der Waals surface area (Å²) in [6.45, 7) is 1.84. The lowest BCUT2D eigenvalue weighted by molar-refractivity contribution is -0.121. The van der Waals surface area contributed by atoms with Gasteiger partial charge in [-0.3, -0.25) is 4.79 Å². The van der Waals surface area contributed by atoms with Gasteiger partial charge in [-0.15, -0.1) is 0 Å². The number of para-hydroxylation sites is 1. The average molecular weight is 358 g/mol. The Morgan fingerprint density at radius 2 is 1.84 bits per heavy atom. The minimum Gasteiger partial charge on any atom is -0.356 e. The van der Waals surface area contributed by atoms with Crippen LogP contribution in [0.4, 0.5) is 0 Å². The highest BCUT2D eigenvalue weighted by Crippen LogP contribution is 2.19. The molecule has 2 aromatic carbocycles. The van der Waals surface area contributed by atoms with Crippen LogP contribution in [0.3, 0.4) is 0 Å². The molecular formula is C18H18N2O4S. The molecule has 1 heterocycles. The first-order valence-corrected chi connectivity index (χ1v) is 9.66. The zero-order chi connectivity index (χ0) is 18.0. The van der Waals surface area contributed by atoms with E-state index in [0.29, 0.717) is 11.3 Å². The molecule has 1 unspecified atom stereocenters.